The third kappa shape index (κ3) is 3.40. The summed E-state index contributed by atoms with van der Waals surface area (Å²) in [4.78, 5) is 14.8. The van der Waals surface area contributed by atoms with Crippen molar-refractivity contribution in [3.05, 3.63) is 65.5 Å². The first kappa shape index (κ1) is 12.3. The Morgan fingerprint density at radius 2 is 1.94 bits per heavy atom. The standard InChI is InChI=1S/C14H13NO3/c16-14(17)12-6-7-15-13(8-12)10-18-9-11-4-2-1-3-5-11/h1-8H,9-10H2,(H,16,17). The number of rotatable bonds is 5. The summed E-state index contributed by atoms with van der Waals surface area (Å²) < 4.78 is 5.49. The van der Waals surface area contributed by atoms with Gasteiger partial charge >= 0.3 is 5.97 Å². The van der Waals surface area contributed by atoms with Gasteiger partial charge in [-0.25, -0.2) is 4.79 Å². The van der Waals surface area contributed by atoms with Crippen molar-refractivity contribution in [2.45, 2.75) is 13.2 Å². The molecule has 0 saturated heterocycles. The molecule has 0 aliphatic heterocycles. The van der Waals surface area contributed by atoms with Crippen LogP contribution in [-0.2, 0) is 18.0 Å². The van der Waals surface area contributed by atoms with E-state index in [1.165, 1.54) is 18.3 Å². The van der Waals surface area contributed by atoms with Crippen molar-refractivity contribution in [1.82, 2.24) is 4.98 Å². The monoisotopic (exact) mass is 243 g/mol. The SMILES string of the molecule is O=C(O)c1ccnc(COCc2ccccc2)c1. The van der Waals surface area contributed by atoms with Crippen LogP contribution in [0.5, 0.6) is 0 Å². The highest BCUT2D eigenvalue weighted by atomic mass is 16.5. The van der Waals surface area contributed by atoms with Crippen LogP contribution in [0.4, 0.5) is 0 Å². The van der Waals surface area contributed by atoms with Gasteiger partial charge in [-0.2, -0.15) is 0 Å². The molecule has 2 aromatic rings. The van der Waals surface area contributed by atoms with E-state index in [1.807, 2.05) is 30.3 Å². The maximum absolute atomic E-state index is 10.8. The number of carbonyl (C=O) groups is 1. The Morgan fingerprint density at radius 3 is 2.67 bits per heavy atom. The van der Waals surface area contributed by atoms with E-state index in [4.69, 9.17) is 9.84 Å². The van der Waals surface area contributed by atoms with Gasteiger partial charge < -0.3 is 9.84 Å². The predicted octanol–water partition coefficient (Wildman–Crippen LogP) is 2.50. The van der Waals surface area contributed by atoms with Crippen LogP contribution in [0.2, 0.25) is 0 Å². The Balaban J connectivity index is 1.90. The predicted molar refractivity (Wildman–Crippen MR) is 66.1 cm³/mol. The molecule has 0 aliphatic rings. The van der Waals surface area contributed by atoms with Gasteiger partial charge in [0.25, 0.3) is 0 Å². The molecule has 1 heterocycles. The van der Waals surface area contributed by atoms with Gasteiger partial charge in [0, 0.05) is 6.20 Å². The number of hydrogen-bond donors (Lipinski definition) is 1. The molecule has 1 aromatic carbocycles. The van der Waals surface area contributed by atoms with Crippen LogP contribution in [-0.4, -0.2) is 16.1 Å². The molecule has 0 radical (unpaired) electrons. The fraction of sp³-hybridized carbons (Fsp3) is 0.143. The zero-order valence-corrected chi connectivity index (χ0v) is 9.74. The van der Waals surface area contributed by atoms with Gasteiger partial charge in [-0.3, -0.25) is 4.98 Å². The van der Waals surface area contributed by atoms with E-state index in [9.17, 15) is 4.79 Å². The normalized spacial score (nSPS) is 10.2. The number of aromatic nitrogens is 1. The Hall–Kier alpha value is -2.20. The number of carboxylic acid groups (broad SMARTS) is 1. The van der Waals surface area contributed by atoms with Crippen molar-refractivity contribution >= 4 is 5.97 Å². The van der Waals surface area contributed by atoms with E-state index in [0.29, 0.717) is 18.9 Å². The molecular formula is C14H13NO3. The highest BCUT2D eigenvalue weighted by Gasteiger charge is 2.04. The number of nitrogens with zero attached hydrogens (tertiary/aromatic N) is 1. The van der Waals surface area contributed by atoms with E-state index < -0.39 is 5.97 Å². The van der Waals surface area contributed by atoms with E-state index >= 15 is 0 Å². The summed E-state index contributed by atoms with van der Waals surface area (Å²) in [6.07, 6.45) is 1.48. The Labute approximate surface area is 105 Å². The zero-order valence-electron chi connectivity index (χ0n) is 9.74. The van der Waals surface area contributed by atoms with Crippen molar-refractivity contribution in [2.24, 2.45) is 0 Å². The number of benzene rings is 1. The summed E-state index contributed by atoms with van der Waals surface area (Å²) in [7, 11) is 0. The number of ether oxygens (including phenoxy) is 1. The molecule has 4 heteroatoms. The molecule has 0 atom stereocenters. The zero-order chi connectivity index (χ0) is 12.8. The van der Waals surface area contributed by atoms with E-state index in [-0.39, 0.29) is 5.56 Å². The first-order valence-electron chi connectivity index (χ1n) is 5.55. The minimum absolute atomic E-state index is 0.225. The van der Waals surface area contributed by atoms with Gasteiger partial charge in [0.1, 0.15) is 0 Å². The second kappa shape index (κ2) is 5.93. The van der Waals surface area contributed by atoms with E-state index in [1.54, 1.807) is 0 Å². The lowest BCUT2D eigenvalue weighted by molar-refractivity contribution is 0.0695. The highest BCUT2D eigenvalue weighted by molar-refractivity contribution is 5.87. The lowest BCUT2D eigenvalue weighted by Crippen LogP contribution is -2.01. The molecule has 0 fully saturated rings. The molecular weight excluding hydrogens is 230 g/mol. The lowest BCUT2D eigenvalue weighted by Gasteiger charge is -2.04. The maximum atomic E-state index is 10.8. The summed E-state index contributed by atoms with van der Waals surface area (Å²) in [5, 5.41) is 8.84. The van der Waals surface area contributed by atoms with Gasteiger partial charge in [0.15, 0.2) is 0 Å². The first-order chi connectivity index (χ1) is 8.75. The minimum Gasteiger partial charge on any atom is -0.478 e. The van der Waals surface area contributed by atoms with Gasteiger partial charge in [-0.15, -0.1) is 0 Å². The summed E-state index contributed by atoms with van der Waals surface area (Å²) in [5.41, 5.74) is 1.92. The van der Waals surface area contributed by atoms with Crippen LogP contribution in [0.1, 0.15) is 21.6 Å². The molecule has 18 heavy (non-hydrogen) atoms. The fourth-order valence-corrected chi connectivity index (χ4v) is 1.54. The molecule has 1 aromatic heterocycles. The second-order valence-corrected chi connectivity index (χ2v) is 3.82. The van der Waals surface area contributed by atoms with E-state index in [2.05, 4.69) is 4.98 Å². The number of aromatic carboxylic acids is 1. The summed E-state index contributed by atoms with van der Waals surface area (Å²) in [6, 6.07) is 12.8. The maximum Gasteiger partial charge on any atom is 0.335 e. The summed E-state index contributed by atoms with van der Waals surface area (Å²) in [6.45, 7) is 0.788. The van der Waals surface area contributed by atoms with Gasteiger partial charge in [0.05, 0.1) is 24.5 Å². The van der Waals surface area contributed by atoms with Crippen molar-refractivity contribution in [3.63, 3.8) is 0 Å². The van der Waals surface area contributed by atoms with Crippen molar-refractivity contribution in [1.29, 1.82) is 0 Å². The van der Waals surface area contributed by atoms with Crippen LogP contribution in [0.3, 0.4) is 0 Å². The smallest absolute Gasteiger partial charge is 0.335 e. The summed E-state index contributed by atoms with van der Waals surface area (Å²) >= 11 is 0. The van der Waals surface area contributed by atoms with Crippen molar-refractivity contribution in [2.75, 3.05) is 0 Å². The van der Waals surface area contributed by atoms with Crippen molar-refractivity contribution < 1.29 is 14.6 Å². The third-order valence-electron chi connectivity index (χ3n) is 2.43. The second-order valence-electron chi connectivity index (χ2n) is 3.82. The number of pyridine rings is 1. The average Bonchev–Trinajstić information content (AvgIpc) is 2.40. The molecule has 0 bridgehead atoms. The van der Waals surface area contributed by atoms with Gasteiger partial charge in [0.2, 0.25) is 0 Å². The fourth-order valence-electron chi connectivity index (χ4n) is 1.54. The topological polar surface area (TPSA) is 59.4 Å². The van der Waals surface area contributed by atoms with Gasteiger partial charge in [-0.05, 0) is 17.7 Å². The van der Waals surface area contributed by atoms with Crippen LogP contribution in [0.25, 0.3) is 0 Å². The molecule has 92 valence electrons. The van der Waals surface area contributed by atoms with Crippen LogP contribution < -0.4 is 0 Å². The molecule has 4 nitrogen and oxygen atoms in total. The summed E-state index contributed by atoms with van der Waals surface area (Å²) in [5.74, 6) is -0.957. The lowest BCUT2D eigenvalue weighted by atomic mass is 10.2. The van der Waals surface area contributed by atoms with E-state index in [0.717, 1.165) is 5.56 Å². The first-order valence-corrected chi connectivity index (χ1v) is 5.55. The Morgan fingerprint density at radius 1 is 1.17 bits per heavy atom. The quantitative estimate of drug-likeness (QED) is 0.876. The largest absolute Gasteiger partial charge is 0.478 e. The minimum atomic E-state index is -0.957. The Kier molecular flexibility index (Phi) is 4.04. The van der Waals surface area contributed by atoms with Crippen LogP contribution in [0, 0.1) is 0 Å². The highest BCUT2D eigenvalue weighted by Crippen LogP contribution is 2.06. The molecule has 2 rings (SSSR count). The molecule has 0 amide bonds. The molecule has 0 saturated carbocycles. The molecule has 0 aliphatic carbocycles. The third-order valence-corrected chi connectivity index (χ3v) is 2.43. The van der Waals surface area contributed by atoms with Crippen LogP contribution >= 0.6 is 0 Å². The molecule has 0 spiro atoms. The van der Waals surface area contributed by atoms with Gasteiger partial charge in [-0.1, -0.05) is 30.3 Å². The van der Waals surface area contributed by atoms with Crippen molar-refractivity contribution in [3.8, 4) is 0 Å². The number of hydrogen-bond acceptors (Lipinski definition) is 3. The molecule has 1 N–H and O–H groups in total. The molecule has 0 unspecified atom stereocenters. The average molecular weight is 243 g/mol. The number of carboxylic acids is 1. The Bertz CT molecular complexity index is 526. The van der Waals surface area contributed by atoms with Crippen LogP contribution in [0.15, 0.2) is 48.7 Å².